The first-order chi connectivity index (χ1) is 16.2. The quantitative estimate of drug-likeness (QED) is 0.484. The Morgan fingerprint density at radius 3 is 3.06 bits per heavy atom. The summed E-state index contributed by atoms with van der Waals surface area (Å²) in [6.45, 7) is 3.01. The van der Waals surface area contributed by atoms with Gasteiger partial charge < -0.3 is 14.5 Å². The Balaban J connectivity index is 1.15. The maximum atomic E-state index is 11.9. The van der Waals surface area contributed by atoms with Crippen LogP contribution in [0, 0.1) is 0 Å². The van der Waals surface area contributed by atoms with Gasteiger partial charge in [-0.05, 0) is 24.1 Å². The van der Waals surface area contributed by atoms with Gasteiger partial charge >= 0.3 is 6.01 Å². The molecule has 1 aromatic carbocycles. The minimum Gasteiger partial charge on any atom is -0.427 e. The van der Waals surface area contributed by atoms with Crippen molar-refractivity contribution in [2.45, 2.75) is 31.7 Å². The molecule has 10 nitrogen and oxygen atoms in total. The van der Waals surface area contributed by atoms with E-state index in [2.05, 4.69) is 30.5 Å². The third kappa shape index (κ3) is 3.10. The van der Waals surface area contributed by atoms with Gasteiger partial charge in [-0.2, -0.15) is 0 Å². The van der Waals surface area contributed by atoms with Gasteiger partial charge in [0.05, 0.1) is 37.3 Å². The molecule has 0 radical (unpaired) electrons. The third-order valence-electron chi connectivity index (χ3n) is 6.66. The molecule has 2 atom stereocenters. The molecular formula is C23H21N7O3. The molecule has 2 bridgehead atoms. The van der Waals surface area contributed by atoms with Crippen LogP contribution in [0.5, 0.6) is 0 Å². The first-order valence-electron chi connectivity index (χ1n) is 11.0. The van der Waals surface area contributed by atoms with Crippen LogP contribution in [-0.2, 0) is 17.8 Å². The summed E-state index contributed by atoms with van der Waals surface area (Å²) in [5.74, 6) is 1.34. The number of rotatable bonds is 5. The summed E-state index contributed by atoms with van der Waals surface area (Å²) >= 11 is 0. The smallest absolute Gasteiger partial charge is 0.300 e. The summed E-state index contributed by atoms with van der Waals surface area (Å²) in [6, 6.07) is 6.67. The lowest BCUT2D eigenvalue weighted by atomic mass is 10.0. The largest absolute Gasteiger partial charge is 0.427 e. The van der Waals surface area contributed by atoms with Crippen molar-refractivity contribution < 1.29 is 13.9 Å². The zero-order chi connectivity index (χ0) is 21.9. The number of hydrogen-bond donors (Lipinski definition) is 2. The number of likely N-dealkylation sites (tertiary alicyclic amines) is 1. The number of imidazole rings is 1. The van der Waals surface area contributed by atoms with Crippen LogP contribution in [0.1, 0.15) is 28.1 Å². The lowest BCUT2D eigenvalue weighted by Gasteiger charge is -2.25. The van der Waals surface area contributed by atoms with E-state index in [-0.39, 0.29) is 5.91 Å². The highest BCUT2D eigenvalue weighted by Crippen LogP contribution is 2.31. The summed E-state index contributed by atoms with van der Waals surface area (Å²) in [7, 11) is 0. The molecule has 0 aliphatic carbocycles. The summed E-state index contributed by atoms with van der Waals surface area (Å²) in [5, 5.41) is 6.02. The second-order valence-electron chi connectivity index (χ2n) is 8.70. The van der Waals surface area contributed by atoms with Crippen molar-refractivity contribution >= 4 is 23.4 Å². The lowest BCUT2D eigenvalue weighted by molar-refractivity contribution is 0.0249. The fourth-order valence-electron chi connectivity index (χ4n) is 5.02. The van der Waals surface area contributed by atoms with E-state index in [1.807, 2.05) is 28.8 Å². The van der Waals surface area contributed by atoms with Crippen molar-refractivity contribution in [3.8, 4) is 11.3 Å². The van der Waals surface area contributed by atoms with Crippen LogP contribution >= 0.6 is 0 Å². The molecule has 4 aromatic rings. The standard InChI is InChI=1S/C23H21N7O3/c31-22-18-2-1-13(5-14(18)7-26-22)19-9-25-20(21-24-3-4-30(19)21)28-23-27-8-17(33-23)11-29-10-16-6-15(29)12-32-16/h1-5,8-9,15-16H,6-7,10-12H2,(H,26,31)(H,25,27,28). The monoisotopic (exact) mass is 443 g/mol. The van der Waals surface area contributed by atoms with Gasteiger partial charge in [0, 0.05) is 42.7 Å². The third-order valence-corrected chi connectivity index (χ3v) is 6.66. The normalized spacial score (nSPS) is 21.6. The molecule has 6 heterocycles. The molecule has 2 unspecified atom stereocenters. The Kier molecular flexibility index (Phi) is 4.05. The van der Waals surface area contributed by atoms with E-state index >= 15 is 0 Å². The molecule has 1 amide bonds. The van der Waals surface area contributed by atoms with Crippen LogP contribution in [0.2, 0.25) is 0 Å². The average molecular weight is 443 g/mol. The Labute approximate surface area is 188 Å². The number of carbonyl (C=O) groups is 1. The van der Waals surface area contributed by atoms with Crippen LogP contribution in [0.15, 0.2) is 47.4 Å². The first kappa shape index (κ1) is 18.8. The Morgan fingerprint density at radius 1 is 1.21 bits per heavy atom. The minimum atomic E-state index is -0.0297. The molecule has 3 aliphatic heterocycles. The number of carbonyl (C=O) groups excluding carboxylic acids is 1. The number of amides is 1. The number of hydrogen-bond acceptors (Lipinski definition) is 8. The number of fused-ring (bicyclic) bond motifs is 4. The first-order valence-corrected chi connectivity index (χ1v) is 11.0. The van der Waals surface area contributed by atoms with Gasteiger partial charge in [0.1, 0.15) is 5.76 Å². The van der Waals surface area contributed by atoms with Crippen molar-refractivity contribution in [1.82, 2.24) is 29.6 Å². The molecule has 33 heavy (non-hydrogen) atoms. The van der Waals surface area contributed by atoms with Crippen LogP contribution in [0.4, 0.5) is 11.8 Å². The van der Waals surface area contributed by atoms with Gasteiger partial charge in [-0.25, -0.2) is 15.0 Å². The van der Waals surface area contributed by atoms with Crippen molar-refractivity contribution in [2.24, 2.45) is 0 Å². The molecule has 166 valence electrons. The fraction of sp³-hybridized carbons (Fsp3) is 0.304. The van der Waals surface area contributed by atoms with Crippen molar-refractivity contribution in [2.75, 3.05) is 18.5 Å². The minimum absolute atomic E-state index is 0.0297. The summed E-state index contributed by atoms with van der Waals surface area (Å²) in [5.41, 5.74) is 4.22. The number of nitrogens with one attached hydrogen (secondary N) is 2. The van der Waals surface area contributed by atoms with E-state index in [0.717, 1.165) is 54.3 Å². The molecule has 2 saturated heterocycles. The Bertz CT molecular complexity index is 1390. The number of nitrogens with zero attached hydrogens (tertiary/aromatic N) is 5. The van der Waals surface area contributed by atoms with Crippen molar-refractivity contribution in [3.63, 3.8) is 0 Å². The summed E-state index contributed by atoms with van der Waals surface area (Å²) < 4.78 is 13.6. The van der Waals surface area contributed by atoms with E-state index in [9.17, 15) is 4.79 Å². The highest BCUT2D eigenvalue weighted by molar-refractivity contribution is 5.98. The van der Waals surface area contributed by atoms with E-state index in [1.165, 1.54) is 0 Å². The average Bonchev–Trinajstić information content (AvgIpc) is 3.64. The number of benzene rings is 1. The van der Waals surface area contributed by atoms with Crippen molar-refractivity contribution in [3.05, 3.63) is 59.9 Å². The Hall–Kier alpha value is -3.76. The lowest BCUT2D eigenvalue weighted by Crippen LogP contribution is -2.36. The van der Waals surface area contributed by atoms with Crippen LogP contribution in [0.3, 0.4) is 0 Å². The maximum absolute atomic E-state index is 11.9. The molecule has 2 fully saturated rings. The van der Waals surface area contributed by atoms with E-state index in [4.69, 9.17) is 9.15 Å². The van der Waals surface area contributed by atoms with Crippen LogP contribution in [-0.4, -0.2) is 55.5 Å². The highest BCUT2D eigenvalue weighted by atomic mass is 16.5. The SMILES string of the molecule is O=C1NCc2cc(-c3cnc(Nc4ncc(CN5CC6CC5CO6)o4)c4nccn34)ccc21. The molecule has 0 spiro atoms. The van der Waals surface area contributed by atoms with Gasteiger partial charge in [-0.15, -0.1) is 0 Å². The molecule has 3 aliphatic rings. The number of oxazole rings is 1. The second kappa shape index (κ2) is 7.12. The zero-order valence-corrected chi connectivity index (χ0v) is 17.7. The molecule has 10 heteroatoms. The van der Waals surface area contributed by atoms with Crippen LogP contribution in [0.25, 0.3) is 16.9 Å². The number of ether oxygens (including phenoxy) is 1. The van der Waals surface area contributed by atoms with Gasteiger partial charge in [-0.1, -0.05) is 6.07 Å². The van der Waals surface area contributed by atoms with Gasteiger partial charge in [-0.3, -0.25) is 19.4 Å². The molecule has 0 saturated carbocycles. The molecular weight excluding hydrogens is 422 g/mol. The zero-order valence-electron chi connectivity index (χ0n) is 17.7. The maximum Gasteiger partial charge on any atom is 0.300 e. The molecule has 2 N–H and O–H groups in total. The predicted molar refractivity (Wildman–Crippen MR) is 118 cm³/mol. The van der Waals surface area contributed by atoms with Crippen LogP contribution < -0.4 is 10.6 Å². The van der Waals surface area contributed by atoms with E-state index < -0.39 is 0 Å². The van der Waals surface area contributed by atoms with E-state index in [0.29, 0.717) is 36.2 Å². The van der Waals surface area contributed by atoms with Gasteiger partial charge in [0.25, 0.3) is 5.91 Å². The fourth-order valence-corrected chi connectivity index (χ4v) is 5.02. The highest BCUT2D eigenvalue weighted by Gasteiger charge is 2.39. The topological polar surface area (TPSA) is 110 Å². The number of morpholine rings is 1. The Morgan fingerprint density at radius 2 is 2.18 bits per heavy atom. The number of anilines is 2. The molecule has 3 aromatic heterocycles. The van der Waals surface area contributed by atoms with Gasteiger partial charge in [0.2, 0.25) is 0 Å². The summed E-state index contributed by atoms with van der Waals surface area (Å²) in [6.07, 6.45) is 8.62. The predicted octanol–water partition coefficient (Wildman–Crippen LogP) is 2.34. The molecule has 7 rings (SSSR count). The van der Waals surface area contributed by atoms with Crippen molar-refractivity contribution in [1.29, 1.82) is 0 Å². The van der Waals surface area contributed by atoms with E-state index in [1.54, 1.807) is 18.6 Å². The number of aromatic nitrogens is 4. The summed E-state index contributed by atoms with van der Waals surface area (Å²) in [4.78, 5) is 27.7. The second-order valence-corrected chi connectivity index (χ2v) is 8.70. The van der Waals surface area contributed by atoms with Gasteiger partial charge in [0.15, 0.2) is 11.5 Å².